The molecule has 8 heteroatoms. The third-order valence-corrected chi connectivity index (χ3v) is 2.12. The Morgan fingerprint density at radius 1 is 1.33 bits per heavy atom. The highest BCUT2D eigenvalue weighted by molar-refractivity contribution is 6.05. The maximum Gasteiger partial charge on any atom is 0.337 e. The number of aromatic carboxylic acids is 1. The number of carboxylic acid groups (broad SMARTS) is 1. The average molecular weight is 247 g/mol. The van der Waals surface area contributed by atoms with Crippen LogP contribution in [0.5, 0.6) is 0 Å². The van der Waals surface area contributed by atoms with Crippen molar-refractivity contribution in [3.05, 3.63) is 35.7 Å². The molecular weight excluding hydrogens is 238 g/mol. The van der Waals surface area contributed by atoms with Crippen LogP contribution in [0.2, 0.25) is 0 Å². The SMILES string of the molecule is Nc1n[nH]c(C(=O)Nc2ccccc2C(=O)O)n1. The van der Waals surface area contributed by atoms with Gasteiger partial charge in [-0.15, -0.1) is 5.10 Å². The molecule has 92 valence electrons. The average Bonchev–Trinajstić information content (AvgIpc) is 2.76. The Morgan fingerprint density at radius 2 is 2.06 bits per heavy atom. The first-order chi connectivity index (χ1) is 8.58. The molecule has 0 saturated carbocycles. The van der Waals surface area contributed by atoms with E-state index in [1.54, 1.807) is 12.1 Å². The zero-order valence-electron chi connectivity index (χ0n) is 9.04. The van der Waals surface area contributed by atoms with E-state index in [-0.39, 0.29) is 23.0 Å². The number of carbonyl (C=O) groups is 2. The molecule has 1 amide bonds. The minimum absolute atomic E-state index is 0.0154. The Balaban J connectivity index is 2.24. The fourth-order valence-electron chi connectivity index (χ4n) is 1.34. The van der Waals surface area contributed by atoms with Crippen LogP contribution in [0.4, 0.5) is 11.6 Å². The van der Waals surface area contributed by atoms with Gasteiger partial charge in [-0.25, -0.2) is 4.79 Å². The number of nitrogens with zero attached hydrogens (tertiary/aromatic N) is 2. The van der Waals surface area contributed by atoms with Gasteiger partial charge >= 0.3 is 5.97 Å². The molecule has 0 aliphatic carbocycles. The van der Waals surface area contributed by atoms with Crippen molar-refractivity contribution in [3.63, 3.8) is 0 Å². The summed E-state index contributed by atoms with van der Waals surface area (Å²) in [6.07, 6.45) is 0. The van der Waals surface area contributed by atoms with E-state index in [9.17, 15) is 9.59 Å². The Morgan fingerprint density at radius 3 is 2.67 bits per heavy atom. The normalized spacial score (nSPS) is 10.0. The van der Waals surface area contributed by atoms with Gasteiger partial charge in [0.25, 0.3) is 5.91 Å². The summed E-state index contributed by atoms with van der Waals surface area (Å²) in [7, 11) is 0. The third kappa shape index (κ3) is 2.26. The lowest BCUT2D eigenvalue weighted by Gasteiger charge is -2.06. The number of nitrogens with two attached hydrogens (primary N) is 1. The topological polar surface area (TPSA) is 134 Å². The fourth-order valence-corrected chi connectivity index (χ4v) is 1.34. The first kappa shape index (κ1) is 11.6. The van der Waals surface area contributed by atoms with Gasteiger partial charge in [0.2, 0.25) is 11.8 Å². The molecule has 1 aromatic carbocycles. The number of para-hydroxylation sites is 1. The maximum atomic E-state index is 11.7. The summed E-state index contributed by atoms with van der Waals surface area (Å²) < 4.78 is 0. The molecule has 1 aromatic heterocycles. The van der Waals surface area contributed by atoms with Crippen LogP contribution >= 0.6 is 0 Å². The summed E-state index contributed by atoms with van der Waals surface area (Å²) in [4.78, 5) is 26.3. The number of carboxylic acids is 1. The van der Waals surface area contributed by atoms with Crippen LogP contribution in [-0.2, 0) is 0 Å². The van der Waals surface area contributed by atoms with Crippen LogP contribution in [0.3, 0.4) is 0 Å². The summed E-state index contributed by atoms with van der Waals surface area (Å²) >= 11 is 0. The molecule has 2 rings (SSSR count). The van der Waals surface area contributed by atoms with E-state index in [0.717, 1.165) is 0 Å². The fraction of sp³-hybridized carbons (Fsp3) is 0. The Hall–Kier alpha value is -2.90. The van der Waals surface area contributed by atoms with Gasteiger partial charge in [-0.1, -0.05) is 12.1 Å². The molecule has 8 nitrogen and oxygen atoms in total. The van der Waals surface area contributed by atoms with Crippen molar-refractivity contribution in [2.45, 2.75) is 0 Å². The van der Waals surface area contributed by atoms with Gasteiger partial charge in [-0.2, -0.15) is 4.98 Å². The second-order valence-electron chi connectivity index (χ2n) is 3.35. The number of rotatable bonds is 3. The lowest BCUT2D eigenvalue weighted by atomic mass is 10.2. The molecule has 0 aliphatic rings. The minimum atomic E-state index is -1.14. The molecule has 0 radical (unpaired) electrons. The molecule has 0 aliphatic heterocycles. The van der Waals surface area contributed by atoms with Crippen LogP contribution in [0, 0.1) is 0 Å². The highest BCUT2D eigenvalue weighted by Gasteiger charge is 2.15. The summed E-state index contributed by atoms with van der Waals surface area (Å²) in [6, 6.07) is 6.02. The molecule has 0 unspecified atom stereocenters. The van der Waals surface area contributed by atoms with Crippen molar-refractivity contribution < 1.29 is 14.7 Å². The van der Waals surface area contributed by atoms with Crippen LogP contribution in [0.15, 0.2) is 24.3 Å². The van der Waals surface area contributed by atoms with Crippen LogP contribution < -0.4 is 11.1 Å². The van der Waals surface area contributed by atoms with Crippen LogP contribution in [-0.4, -0.2) is 32.2 Å². The molecule has 0 fully saturated rings. The quantitative estimate of drug-likeness (QED) is 0.617. The summed E-state index contributed by atoms with van der Waals surface area (Å²) in [5.74, 6) is -1.91. The van der Waals surface area contributed by atoms with Gasteiger partial charge in [0, 0.05) is 0 Å². The molecule has 18 heavy (non-hydrogen) atoms. The smallest absolute Gasteiger partial charge is 0.337 e. The number of hydrogen-bond donors (Lipinski definition) is 4. The Bertz CT molecular complexity index is 607. The Labute approximate surface area is 101 Å². The highest BCUT2D eigenvalue weighted by atomic mass is 16.4. The van der Waals surface area contributed by atoms with Gasteiger partial charge in [-0.05, 0) is 12.1 Å². The summed E-state index contributed by atoms with van der Waals surface area (Å²) in [5, 5.41) is 17.2. The predicted molar refractivity (Wildman–Crippen MR) is 62.1 cm³/mol. The van der Waals surface area contributed by atoms with Crippen molar-refractivity contribution in [1.29, 1.82) is 0 Å². The van der Waals surface area contributed by atoms with Crippen LogP contribution in [0.1, 0.15) is 21.0 Å². The zero-order chi connectivity index (χ0) is 13.1. The molecule has 0 atom stereocenters. The number of hydrogen-bond acceptors (Lipinski definition) is 5. The summed E-state index contributed by atoms with van der Waals surface area (Å²) in [5.41, 5.74) is 5.42. The molecule has 0 saturated heterocycles. The van der Waals surface area contributed by atoms with Gasteiger partial charge in [-0.3, -0.25) is 9.89 Å². The van der Waals surface area contributed by atoms with Crippen molar-refractivity contribution in [1.82, 2.24) is 15.2 Å². The number of benzene rings is 1. The molecule has 1 heterocycles. The number of amides is 1. The first-order valence-electron chi connectivity index (χ1n) is 4.89. The molecular formula is C10H9N5O3. The van der Waals surface area contributed by atoms with Crippen molar-refractivity contribution in [2.24, 2.45) is 0 Å². The number of anilines is 2. The van der Waals surface area contributed by atoms with Crippen molar-refractivity contribution in [2.75, 3.05) is 11.1 Å². The van der Waals surface area contributed by atoms with E-state index in [0.29, 0.717) is 0 Å². The van der Waals surface area contributed by atoms with E-state index in [1.807, 2.05) is 0 Å². The van der Waals surface area contributed by atoms with E-state index in [1.165, 1.54) is 12.1 Å². The molecule has 2 aromatic rings. The molecule has 0 spiro atoms. The number of aromatic amines is 1. The van der Waals surface area contributed by atoms with Gasteiger partial charge in [0.1, 0.15) is 0 Å². The number of aromatic nitrogens is 3. The number of nitrogens with one attached hydrogen (secondary N) is 2. The zero-order valence-corrected chi connectivity index (χ0v) is 9.04. The Kier molecular flexibility index (Phi) is 2.92. The van der Waals surface area contributed by atoms with E-state index in [4.69, 9.17) is 10.8 Å². The monoisotopic (exact) mass is 247 g/mol. The van der Waals surface area contributed by atoms with Crippen LogP contribution in [0.25, 0.3) is 0 Å². The standard InChI is InChI=1S/C10H9N5O3/c11-10-13-7(14-15-10)8(16)12-6-4-2-1-3-5(6)9(17)18/h1-4H,(H,12,16)(H,17,18)(H3,11,13,14,15). The lowest BCUT2D eigenvalue weighted by Crippen LogP contribution is -2.16. The lowest BCUT2D eigenvalue weighted by molar-refractivity contribution is 0.0698. The van der Waals surface area contributed by atoms with Gasteiger partial charge in [0.05, 0.1) is 11.3 Å². The highest BCUT2D eigenvalue weighted by Crippen LogP contribution is 2.15. The second kappa shape index (κ2) is 4.53. The van der Waals surface area contributed by atoms with Crippen molar-refractivity contribution >= 4 is 23.5 Å². The largest absolute Gasteiger partial charge is 0.478 e. The third-order valence-electron chi connectivity index (χ3n) is 2.12. The first-order valence-corrected chi connectivity index (χ1v) is 4.89. The van der Waals surface area contributed by atoms with Gasteiger partial charge in [0.15, 0.2) is 0 Å². The van der Waals surface area contributed by atoms with E-state index < -0.39 is 11.9 Å². The number of carbonyl (C=O) groups excluding carboxylic acids is 1. The van der Waals surface area contributed by atoms with Crippen molar-refractivity contribution in [3.8, 4) is 0 Å². The molecule has 0 bridgehead atoms. The molecule has 5 N–H and O–H groups in total. The predicted octanol–water partition coefficient (Wildman–Crippen LogP) is 0.337. The minimum Gasteiger partial charge on any atom is -0.478 e. The van der Waals surface area contributed by atoms with E-state index in [2.05, 4.69) is 20.5 Å². The summed E-state index contributed by atoms with van der Waals surface area (Å²) in [6.45, 7) is 0. The van der Waals surface area contributed by atoms with E-state index >= 15 is 0 Å². The maximum absolute atomic E-state index is 11.7. The number of H-pyrrole nitrogens is 1. The van der Waals surface area contributed by atoms with Gasteiger partial charge < -0.3 is 16.2 Å². The number of nitrogen functional groups attached to an aromatic ring is 1. The second-order valence-corrected chi connectivity index (χ2v) is 3.35.